The van der Waals surface area contributed by atoms with Crippen LogP contribution < -0.4 is 10.1 Å². The van der Waals surface area contributed by atoms with Crippen LogP contribution in [0.5, 0.6) is 5.75 Å². The summed E-state index contributed by atoms with van der Waals surface area (Å²) in [5, 5.41) is 21.3. The number of aryl methyl sites for hydroxylation is 1. The number of rotatable bonds is 6. The largest absolute Gasteiger partial charge is 0.490 e. The Kier molecular flexibility index (Phi) is 8.87. The maximum Gasteiger partial charge on any atom is 0.417 e. The Morgan fingerprint density at radius 3 is 2.27 bits per heavy atom. The van der Waals surface area contributed by atoms with Crippen molar-refractivity contribution in [3.8, 4) is 11.8 Å². The summed E-state index contributed by atoms with van der Waals surface area (Å²) in [4.78, 5) is 12.3. The number of benzene rings is 2. The molecule has 0 saturated carbocycles. The number of hydrogen-bond donors (Lipinski definition) is 2. The number of nitriles is 1. The molecule has 0 aromatic heterocycles. The van der Waals surface area contributed by atoms with Crippen LogP contribution in [-0.4, -0.2) is 23.2 Å². The molecule has 1 atom stereocenters. The van der Waals surface area contributed by atoms with Gasteiger partial charge in [0.25, 0.3) is 5.91 Å². The molecule has 0 aliphatic rings. The number of ether oxygens (including phenoxy) is 1. The topological polar surface area (TPSA) is 82.3 Å². The van der Waals surface area contributed by atoms with Crippen molar-refractivity contribution in [3.63, 3.8) is 0 Å². The van der Waals surface area contributed by atoms with Crippen molar-refractivity contribution in [3.05, 3.63) is 59.2 Å². The molecule has 2 rings (SSSR count). The van der Waals surface area contributed by atoms with Gasteiger partial charge in [0.2, 0.25) is 0 Å². The van der Waals surface area contributed by atoms with Gasteiger partial charge in [0.05, 0.1) is 17.2 Å². The number of nitrogens with one attached hydrogen (secondary N) is 1. The normalized spacial score (nSPS) is 12.6. The Bertz CT molecular complexity index is 886. The van der Waals surface area contributed by atoms with Crippen LogP contribution in [0.2, 0.25) is 0 Å². The lowest BCUT2D eigenvalue weighted by Gasteiger charge is -2.23. The zero-order valence-electron chi connectivity index (χ0n) is 17.3. The maximum atomic E-state index is 13.0. The number of carbonyl (C=O) groups is 1. The molecule has 2 N–H and O–H groups in total. The van der Waals surface area contributed by atoms with E-state index in [1.807, 2.05) is 32.9 Å². The first kappa shape index (κ1) is 25.0. The monoisotopic (exact) mass is 422 g/mol. The highest BCUT2D eigenvalue weighted by Crippen LogP contribution is 2.33. The molecule has 5 nitrogen and oxygen atoms in total. The Balaban J connectivity index is 0.00000218. The van der Waals surface area contributed by atoms with Crippen LogP contribution in [0.3, 0.4) is 0 Å². The molecule has 0 unspecified atom stereocenters. The van der Waals surface area contributed by atoms with Gasteiger partial charge in [0.1, 0.15) is 12.4 Å². The summed E-state index contributed by atoms with van der Waals surface area (Å²) >= 11 is 0. The van der Waals surface area contributed by atoms with E-state index in [0.29, 0.717) is 11.8 Å². The smallest absolute Gasteiger partial charge is 0.417 e. The fraction of sp³-hybridized carbons (Fsp3) is 0.364. The van der Waals surface area contributed by atoms with Gasteiger partial charge in [0.15, 0.2) is 5.60 Å². The SMILES string of the molecule is CC.CCc1ccc(OC[C@](C)(O)C(=O)Nc2ccc(C#N)c(C(F)(F)F)c2)cc1. The molecule has 0 spiro atoms. The van der Waals surface area contributed by atoms with Crippen LogP contribution in [0.4, 0.5) is 18.9 Å². The van der Waals surface area contributed by atoms with E-state index < -0.39 is 35.4 Å². The zero-order chi connectivity index (χ0) is 22.9. The summed E-state index contributed by atoms with van der Waals surface area (Å²) in [5.41, 5.74) is -2.81. The minimum absolute atomic E-state index is 0.191. The fourth-order valence-corrected chi connectivity index (χ4v) is 2.33. The summed E-state index contributed by atoms with van der Waals surface area (Å²) in [6.45, 7) is 6.79. The zero-order valence-corrected chi connectivity index (χ0v) is 17.3. The van der Waals surface area contributed by atoms with E-state index in [1.165, 1.54) is 13.0 Å². The Morgan fingerprint density at radius 2 is 1.77 bits per heavy atom. The maximum absolute atomic E-state index is 13.0. The highest BCUT2D eigenvalue weighted by Gasteiger charge is 2.35. The summed E-state index contributed by atoms with van der Waals surface area (Å²) in [5.74, 6) is -0.487. The molecule has 2 aromatic rings. The first-order chi connectivity index (χ1) is 14.1. The molecular formula is C22H25F3N2O3. The molecule has 162 valence electrons. The Hall–Kier alpha value is -3.05. The molecule has 1 amide bonds. The van der Waals surface area contributed by atoms with Gasteiger partial charge in [-0.15, -0.1) is 0 Å². The first-order valence-corrected chi connectivity index (χ1v) is 9.43. The van der Waals surface area contributed by atoms with Gasteiger partial charge in [-0.2, -0.15) is 18.4 Å². The minimum Gasteiger partial charge on any atom is -0.490 e. The number of nitrogens with zero attached hydrogens (tertiary/aromatic N) is 1. The summed E-state index contributed by atoms with van der Waals surface area (Å²) < 4.78 is 44.5. The van der Waals surface area contributed by atoms with E-state index in [9.17, 15) is 23.1 Å². The standard InChI is InChI=1S/C20H19F3N2O3.C2H6/c1-3-13-4-8-16(9-5-13)28-12-19(2,27)18(26)25-15-7-6-14(11-24)17(10-15)20(21,22)23;1-2/h4-10,27H,3,12H2,1-2H3,(H,25,26);1-2H3/t19-;/m0./s1. The number of carbonyl (C=O) groups excluding carboxylic acids is 1. The second-order valence-corrected chi connectivity index (χ2v) is 6.38. The number of amides is 1. The molecule has 30 heavy (non-hydrogen) atoms. The van der Waals surface area contributed by atoms with Crippen LogP contribution in [-0.2, 0) is 17.4 Å². The van der Waals surface area contributed by atoms with Gasteiger partial charge in [-0.05, 0) is 49.2 Å². The van der Waals surface area contributed by atoms with Gasteiger partial charge in [-0.1, -0.05) is 32.9 Å². The molecule has 8 heteroatoms. The van der Waals surface area contributed by atoms with Crippen molar-refractivity contribution in [2.45, 2.75) is 45.9 Å². The lowest BCUT2D eigenvalue weighted by molar-refractivity contribution is -0.138. The van der Waals surface area contributed by atoms with Crippen molar-refractivity contribution in [2.24, 2.45) is 0 Å². The third kappa shape index (κ3) is 6.78. The second-order valence-electron chi connectivity index (χ2n) is 6.38. The predicted octanol–water partition coefficient (Wildman–Crippen LogP) is 4.93. The lowest BCUT2D eigenvalue weighted by atomic mass is 10.1. The van der Waals surface area contributed by atoms with E-state index in [4.69, 9.17) is 10.00 Å². The van der Waals surface area contributed by atoms with E-state index >= 15 is 0 Å². The van der Waals surface area contributed by atoms with Crippen LogP contribution in [0.1, 0.15) is 44.4 Å². The molecule has 0 heterocycles. The molecule has 0 saturated heterocycles. The highest BCUT2D eigenvalue weighted by atomic mass is 19.4. The third-order valence-electron chi connectivity index (χ3n) is 4.04. The molecule has 0 aliphatic heterocycles. The predicted molar refractivity (Wildman–Crippen MR) is 108 cm³/mol. The summed E-state index contributed by atoms with van der Waals surface area (Å²) in [6.07, 6.45) is -3.90. The first-order valence-electron chi connectivity index (χ1n) is 9.43. The average molecular weight is 422 g/mol. The average Bonchev–Trinajstić information content (AvgIpc) is 2.73. The van der Waals surface area contributed by atoms with E-state index in [0.717, 1.165) is 24.1 Å². The van der Waals surface area contributed by atoms with Crippen molar-refractivity contribution in [2.75, 3.05) is 11.9 Å². The number of aliphatic hydroxyl groups is 1. The molecule has 0 bridgehead atoms. The van der Waals surface area contributed by atoms with Gasteiger partial charge in [0, 0.05) is 5.69 Å². The quantitative estimate of drug-likeness (QED) is 0.691. The van der Waals surface area contributed by atoms with E-state index in [-0.39, 0.29) is 5.69 Å². The second kappa shape index (κ2) is 10.6. The van der Waals surface area contributed by atoms with Crippen LogP contribution >= 0.6 is 0 Å². The van der Waals surface area contributed by atoms with Crippen LogP contribution in [0, 0.1) is 11.3 Å². The van der Waals surface area contributed by atoms with Gasteiger partial charge < -0.3 is 15.2 Å². The van der Waals surface area contributed by atoms with Crippen molar-refractivity contribution < 1.29 is 27.8 Å². The van der Waals surface area contributed by atoms with Gasteiger partial charge in [-0.25, -0.2) is 0 Å². The van der Waals surface area contributed by atoms with Crippen LogP contribution in [0.15, 0.2) is 42.5 Å². The number of alkyl halides is 3. The van der Waals surface area contributed by atoms with Gasteiger partial charge >= 0.3 is 6.18 Å². The van der Waals surface area contributed by atoms with Crippen molar-refractivity contribution in [1.29, 1.82) is 5.26 Å². The van der Waals surface area contributed by atoms with E-state index in [2.05, 4.69) is 5.32 Å². The molecule has 0 aliphatic carbocycles. The van der Waals surface area contributed by atoms with Crippen molar-refractivity contribution >= 4 is 11.6 Å². The van der Waals surface area contributed by atoms with Gasteiger partial charge in [-0.3, -0.25) is 4.79 Å². The molecule has 2 aromatic carbocycles. The molecule has 0 radical (unpaired) electrons. The molecular weight excluding hydrogens is 397 g/mol. The highest BCUT2D eigenvalue weighted by molar-refractivity contribution is 5.97. The number of halogens is 3. The van der Waals surface area contributed by atoms with Crippen LogP contribution in [0.25, 0.3) is 0 Å². The minimum atomic E-state index is -4.75. The third-order valence-corrected chi connectivity index (χ3v) is 4.04. The number of anilines is 1. The Morgan fingerprint density at radius 1 is 1.17 bits per heavy atom. The van der Waals surface area contributed by atoms with Crippen molar-refractivity contribution in [1.82, 2.24) is 0 Å². The fourth-order valence-electron chi connectivity index (χ4n) is 2.33. The lowest BCUT2D eigenvalue weighted by Crippen LogP contribution is -2.45. The molecule has 0 fully saturated rings. The Labute approximate surface area is 174 Å². The summed E-state index contributed by atoms with van der Waals surface area (Å²) in [7, 11) is 0. The summed E-state index contributed by atoms with van der Waals surface area (Å²) in [6, 6.07) is 11.3. The van der Waals surface area contributed by atoms with E-state index in [1.54, 1.807) is 12.1 Å². The number of hydrogen-bond acceptors (Lipinski definition) is 4.